The van der Waals surface area contributed by atoms with E-state index in [2.05, 4.69) is 11.1 Å². The number of Topliss-reactive ketones (excluding diaryl/α,β-unsaturated/α-hetero) is 1. The van der Waals surface area contributed by atoms with Gasteiger partial charge in [-0.1, -0.05) is 54.9 Å². The van der Waals surface area contributed by atoms with Gasteiger partial charge in [-0.05, 0) is 47.7 Å². The molecule has 0 unspecified atom stereocenters. The minimum Gasteiger partial charge on any atom is -0.297 e. The molecule has 4 rings (SSSR count). The third-order valence-electron chi connectivity index (χ3n) is 5.18. The number of hydrogen-bond acceptors (Lipinski definition) is 3. The van der Waals surface area contributed by atoms with Crippen LogP contribution in [0.15, 0.2) is 66.9 Å². The molecule has 0 fully saturated rings. The molecule has 4 nitrogen and oxygen atoms in total. The van der Waals surface area contributed by atoms with Crippen LogP contribution in [0.5, 0.6) is 0 Å². The maximum Gasteiger partial charge on any atom is 0.181 e. The summed E-state index contributed by atoms with van der Waals surface area (Å²) in [5.41, 5.74) is 5.94. The first-order chi connectivity index (χ1) is 14.6. The van der Waals surface area contributed by atoms with Crippen LogP contribution in [0.4, 0.5) is 0 Å². The Kier molecular flexibility index (Phi) is 5.65. The number of halogens is 1. The maximum atomic E-state index is 13.0. The second kappa shape index (κ2) is 8.52. The van der Waals surface area contributed by atoms with Crippen molar-refractivity contribution in [3.63, 3.8) is 0 Å². The lowest BCUT2D eigenvalue weighted by Crippen LogP contribution is -2.07. The summed E-state index contributed by atoms with van der Waals surface area (Å²) in [6.07, 6.45) is 3.56. The van der Waals surface area contributed by atoms with Gasteiger partial charge in [-0.3, -0.25) is 9.20 Å². The van der Waals surface area contributed by atoms with Crippen LogP contribution in [-0.2, 0) is 12.8 Å². The summed E-state index contributed by atoms with van der Waals surface area (Å²) in [5.74, 6) is 0.0764. The van der Waals surface area contributed by atoms with Gasteiger partial charge in [0.25, 0.3) is 0 Å². The van der Waals surface area contributed by atoms with E-state index in [1.54, 1.807) is 24.4 Å². The Morgan fingerprint density at radius 3 is 2.63 bits per heavy atom. The highest BCUT2D eigenvalue weighted by Crippen LogP contribution is 2.23. The van der Waals surface area contributed by atoms with Crippen LogP contribution < -0.4 is 0 Å². The molecule has 2 heterocycles. The molecule has 0 aliphatic rings. The minimum absolute atomic E-state index is 0.0764. The van der Waals surface area contributed by atoms with E-state index in [0.29, 0.717) is 41.2 Å². The van der Waals surface area contributed by atoms with Gasteiger partial charge in [-0.25, -0.2) is 4.98 Å². The van der Waals surface area contributed by atoms with Gasteiger partial charge in [0.05, 0.1) is 17.3 Å². The Morgan fingerprint density at radius 1 is 1.10 bits per heavy atom. The number of benzene rings is 2. The van der Waals surface area contributed by atoms with Crippen molar-refractivity contribution in [3.8, 4) is 17.2 Å². The Hall–Kier alpha value is -3.42. The molecular weight excluding hydrogens is 394 g/mol. The first-order valence-electron chi connectivity index (χ1n) is 9.88. The van der Waals surface area contributed by atoms with Crippen molar-refractivity contribution >= 4 is 23.0 Å². The number of pyridine rings is 1. The number of aromatic nitrogens is 2. The Labute approximate surface area is 180 Å². The van der Waals surface area contributed by atoms with E-state index in [1.165, 1.54) is 0 Å². The smallest absolute Gasteiger partial charge is 0.181 e. The first kappa shape index (κ1) is 19.9. The van der Waals surface area contributed by atoms with E-state index in [0.717, 1.165) is 22.4 Å². The molecule has 0 radical (unpaired) electrons. The van der Waals surface area contributed by atoms with Crippen LogP contribution in [0.25, 0.3) is 16.8 Å². The molecule has 0 aliphatic carbocycles. The molecule has 2 aromatic carbocycles. The molecule has 0 spiro atoms. The van der Waals surface area contributed by atoms with Gasteiger partial charge in [-0.15, -0.1) is 0 Å². The fraction of sp³-hybridized carbons (Fsp3) is 0.160. The monoisotopic (exact) mass is 413 g/mol. The quantitative estimate of drug-likeness (QED) is 0.369. The second-order valence-corrected chi connectivity index (χ2v) is 7.58. The number of nitrogens with zero attached hydrogens (tertiary/aromatic N) is 3. The highest BCUT2D eigenvalue weighted by molar-refractivity contribution is 6.30. The summed E-state index contributed by atoms with van der Waals surface area (Å²) in [6, 6.07) is 21.4. The predicted octanol–water partition coefficient (Wildman–Crippen LogP) is 5.90. The van der Waals surface area contributed by atoms with Gasteiger partial charge < -0.3 is 0 Å². The van der Waals surface area contributed by atoms with Gasteiger partial charge in [0.1, 0.15) is 11.3 Å². The third kappa shape index (κ3) is 3.98. The first-order valence-corrected chi connectivity index (χ1v) is 10.3. The molecule has 0 amide bonds. The highest BCUT2D eigenvalue weighted by atomic mass is 35.5. The Bertz CT molecular complexity index is 1270. The zero-order valence-electron chi connectivity index (χ0n) is 16.6. The summed E-state index contributed by atoms with van der Waals surface area (Å²) in [7, 11) is 0. The van der Waals surface area contributed by atoms with Crippen molar-refractivity contribution in [1.82, 2.24) is 9.38 Å². The van der Waals surface area contributed by atoms with Crippen LogP contribution >= 0.6 is 11.6 Å². The number of fused-ring (bicyclic) bond motifs is 1. The number of rotatable bonds is 6. The van der Waals surface area contributed by atoms with Crippen LogP contribution in [0, 0.1) is 11.3 Å². The maximum absolute atomic E-state index is 13.0. The minimum atomic E-state index is 0.0764. The largest absolute Gasteiger partial charge is 0.297 e. The molecule has 5 heteroatoms. The molecule has 4 aromatic rings. The fourth-order valence-electron chi connectivity index (χ4n) is 3.62. The van der Waals surface area contributed by atoms with Gasteiger partial charge in [0.15, 0.2) is 5.78 Å². The standard InChI is InChI=1S/C25H20ClN3O/c1-2-22-25(29-13-12-21(26)15-24(29)28-22)23(30)11-8-17-6-9-19(10-7-17)20-5-3-4-18(14-20)16-27/h3-7,9-10,12-15H,2,8,11H2,1H3. The molecule has 2 aromatic heterocycles. The van der Waals surface area contributed by atoms with Gasteiger partial charge in [0, 0.05) is 23.7 Å². The van der Waals surface area contributed by atoms with Crippen LogP contribution in [0.3, 0.4) is 0 Å². The lowest BCUT2D eigenvalue weighted by Gasteiger charge is -2.06. The van der Waals surface area contributed by atoms with Crippen LogP contribution in [-0.4, -0.2) is 15.2 Å². The zero-order valence-corrected chi connectivity index (χ0v) is 17.4. The third-order valence-corrected chi connectivity index (χ3v) is 5.41. The second-order valence-electron chi connectivity index (χ2n) is 7.15. The Morgan fingerprint density at radius 2 is 1.90 bits per heavy atom. The molecule has 0 atom stereocenters. The van der Waals surface area contributed by atoms with Crippen molar-refractivity contribution < 1.29 is 4.79 Å². The van der Waals surface area contributed by atoms with E-state index in [9.17, 15) is 4.79 Å². The summed E-state index contributed by atoms with van der Waals surface area (Å²) < 4.78 is 1.83. The molecule has 0 saturated heterocycles. The van der Waals surface area contributed by atoms with Crippen LogP contribution in [0.2, 0.25) is 5.02 Å². The van der Waals surface area contributed by atoms with E-state index < -0.39 is 0 Å². The lowest BCUT2D eigenvalue weighted by atomic mass is 9.99. The molecule has 0 N–H and O–H groups in total. The normalized spacial score (nSPS) is 10.8. The van der Waals surface area contributed by atoms with Gasteiger partial charge in [-0.2, -0.15) is 5.26 Å². The van der Waals surface area contributed by atoms with Crippen molar-refractivity contribution in [2.24, 2.45) is 0 Å². The number of aryl methyl sites for hydroxylation is 2. The molecule has 0 aliphatic heterocycles. The van der Waals surface area contributed by atoms with Crippen LogP contribution in [0.1, 0.15) is 40.7 Å². The van der Waals surface area contributed by atoms with Crippen molar-refractivity contribution in [2.45, 2.75) is 26.2 Å². The lowest BCUT2D eigenvalue weighted by molar-refractivity contribution is 0.0976. The molecule has 148 valence electrons. The molecular formula is C25H20ClN3O. The average molecular weight is 414 g/mol. The number of carbonyl (C=O) groups excluding carboxylic acids is 1. The Balaban J connectivity index is 1.51. The highest BCUT2D eigenvalue weighted by Gasteiger charge is 2.18. The summed E-state index contributed by atoms with van der Waals surface area (Å²) in [4.78, 5) is 17.6. The number of hydrogen-bond donors (Lipinski definition) is 0. The summed E-state index contributed by atoms with van der Waals surface area (Å²) in [5, 5.41) is 9.68. The van der Waals surface area contributed by atoms with E-state index >= 15 is 0 Å². The number of carbonyl (C=O) groups is 1. The van der Waals surface area contributed by atoms with Gasteiger partial charge in [0.2, 0.25) is 0 Å². The SMILES string of the molecule is CCc1nc2cc(Cl)ccn2c1C(=O)CCc1ccc(-c2cccc(C#N)c2)cc1. The number of imidazole rings is 1. The fourth-order valence-corrected chi connectivity index (χ4v) is 3.77. The predicted molar refractivity (Wildman–Crippen MR) is 119 cm³/mol. The van der Waals surface area contributed by atoms with E-state index in [-0.39, 0.29) is 5.78 Å². The van der Waals surface area contributed by atoms with E-state index in [4.69, 9.17) is 16.9 Å². The van der Waals surface area contributed by atoms with Crippen molar-refractivity contribution in [2.75, 3.05) is 0 Å². The van der Waals surface area contributed by atoms with Gasteiger partial charge >= 0.3 is 0 Å². The summed E-state index contributed by atoms with van der Waals surface area (Å²) in [6.45, 7) is 2.00. The molecule has 30 heavy (non-hydrogen) atoms. The molecule has 0 bridgehead atoms. The van der Waals surface area contributed by atoms with Crippen molar-refractivity contribution in [1.29, 1.82) is 5.26 Å². The topological polar surface area (TPSA) is 58.2 Å². The number of ketones is 1. The van der Waals surface area contributed by atoms with Crippen molar-refractivity contribution in [3.05, 3.63) is 94.4 Å². The average Bonchev–Trinajstić information content (AvgIpc) is 3.15. The molecule has 0 saturated carbocycles. The van der Waals surface area contributed by atoms with E-state index in [1.807, 2.05) is 53.8 Å². The number of nitriles is 1. The summed E-state index contributed by atoms with van der Waals surface area (Å²) >= 11 is 6.06. The zero-order chi connectivity index (χ0) is 21.1.